The molecule has 11 heteroatoms. The summed E-state index contributed by atoms with van der Waals surface area (Å²) in [5.41, 5.74) is 1.83. The van der Waals surface area contributed by atoms with Crippen LogP contribution in [0.25, 0.3) is 22.5 Å². The minimum atomic E-state index is -4.43. The van der Waals surface area contributed by atoms with Crippen LogP contribution in [0.2, 0.25) is 10.0 Å². The molecule has 4 aromatic rings. The van der Waals surface area contributed by atoms with Crippen molar-refractivity contribution in [1.82, 2.24) is 24.9 Å². The van der Waals surface area contributed by atoms with E-state index in [9.17, 15) is 13.2 Å². The molecule has 0 spiro atoms. The monoisotopic (exact) mass is 477 g/mol. The van der Waals surface area contributed by atoms with Crippen LogP contribution in [-0.4, -0.2) is 31.5 Å². The van der Waals surface area contributed by atoms with Gasteiger partial charge in [0.25, 0.3) is 0 Å². The van der Waals surface area contributed by atoms with E-state index in [1.165, 1.54) is 6.07 Å². The molecule has 3 heterocycles. The molecule has 3 aromatic heterocycles. The highest BCUT2D eigenvalue weighted by Crippen LogP contribution is 2.35. The van der Waals surface area contributed by atoms with Crippen molar-refractivity contribution >= 4 is 29.0 Å². The van der Waals surface area contributed by atoms with Gasteiger partial charge in [-0.3, -0.25) is 0 Å². The maximum atomic E-state index is 12.6. The maximum absolute atomic E-state index is 12.6. The lowest BCUT2D eigenvalue weighted by atomic mass is 10.0. The van der Waals surface area contributed by atoms with Crippen LogP contribution in [0.4, 0.5) is 19.0 Å². The van der Waals surface area contributed by atoms with E-state index in [0.29, 0.717) is 44.2 Å². The minimum Gasteiger partial charge on any atom is -0.369 e. The molecule has 0 bridgehead atoms. The number of nitrogens with zero attached hydrogens (tertiary/aromatic N) is 4. The topological polar surface area (TPSA) is 79.4 Å². The Morgan fingerprint density at radius 2 is 1.84 bits per heavy atom. The Balaban J connectivity index is 1.55. The molecule has 0 aliphatic heterocycles. The normalized spacial score (nSPS) is 11.5. The van der Waals surface area contributed by atoms with Crippen LogP contribution in [0, 0.1) is 6.42 Å². The first-order valence-corrected chi connectivity index (χ1v) is 9.98. The number of hydrogen-bond acceptors (Lipinski definition) is 5. The summed E-state index contributed by atoms with van der Waals surface area (Å²) in [6, 6.07) is 7.33. The summed E-state index contributed by atoms with van der Waals surface area (Å²) >= 11 is 12.4. The molecule has 4 rings (SSSR count). The summed E-state index contributed by atoms with van der Waals surface area (Å²) in [5, 5.41) is 3.84. The number of halogens is 5. The van der Waals surface area contributed by atoms with Crippen molar-refractivity contribution in [3.05, 3.63) is 83.1 Å². The van der Waals surface area contributed by atoms with Crippen molar-refractivity contribution in [1.29, 1.82) is 0 Å². The first kappa shape index (κ1) is 22.0. The van der Waals surface area contributed by atoms with Gasteiger partial charge in [0.05, 0.1) is 34.5 Å². The van der Waals surface area contributed by atoms with Crippen LogP contribution in [0.3, 0.4) is 0 Å². The number of aromatic amines is 1. The predicted octanol–water partition coefficient (Wildman–Crippen LogP) is 5.92. The Hall–Kier alpha value is -3.17. The van der Waals surface area contributed by atoms with Gasteiger partial charge >= 0.3 is 6.18 Å². The molecule has 0 unspecified atom stereocenters. The van der Waals surface area contributed by atoms with E-state index < -0.39 is 11.7 Å². The predicted molar refractivity (Wildman–Crippen MR) is 116 cm³/mol. The minimum absolute atomic E-state index is 0.246. The zero-order valence-corrected chi connectivity index (χ0v) is 17.7. The first-order valence-electron chi connectivity index (χ1n) is 9.23. The number of nitrogens with one attached hydrogen (secondary N) is 2. The molecule has 0 saturated carbocycles. The standard InChI is InChI=1S/C21H14Cl2F3N6/c22-13-2-3-14(16(23)7-13)20-15(17-10-27-11-31-17)9-30-19(32-20)5-6-28-18-4-1-12(8-29-18)21(24,25)26/h1-5,7-11H,6H2,(H,27,31)(H,28,29). The third-order valence-corrected chi connectivity index (χ3v) is 4.99. The van der Waals surface area contributed by atoms with E-state index in [2.05, 4.69) is 30.2 Å². The number of rotatable bonds is 6. The molecule has 163 valence electrons. The van der Waals surface area contributed by atoms with Crippen LogP contribution in [0.1, 0.15) is 11.4 Å². The van der Waals surface area contributed by atoms with Crippen molar-refractivity contribution < 1.29 is 13.2 Å². The number of imidazole rings is 1. The highest BCUT2D eigenvalue weighted by molar-refractivity contribution is 6.36. The Morgan fingerprint density at radius 1 is 1.00 bits per heavy atom. The lowest BCUT2D eigenvalue weighted by Crippen LogP contribution is -2.09. The molecule has 0 saturated heterocycles. The summed E-state index contributed by atoms with van der Waals surface area (Å²) in [7, 11) is 0. The fraction of sp³-hybridized carbons (Fsp3) is 0.0952. The van der Waals surface area contributed by atoms with E-state index in [4.69, 9.17) is 23.2 Å². The number of anilines is 1. The first-order chi connectivity index (χ1) is 15.3. The Labute approximate surface area is 190 Å². The number of aromatic nitrogens is 5. The van der Waals surface area contributed by atoms with Crippen molar-refractivity contribution in [2.24, 2.45) is 0 Å². The van der Waals surface area contributed by atoms with Crippen LogP contribution < -0.4 is 5.32 Å². The lowest BCUT2D eigenvalue weighted by molar-refractivity contribution is -0.137. The average Bonchev–Trinajstić information content (AvgIpc) is 3.28. The molecule has 0 fully saturated rings. The van der Waals surface area contributed by atoms with Crippen LogP contribution >= 0.6 is 23.2 Å². The van der Waals surface area contributed by atoms with Gasteiger partial charge in [0, 0.05) is 41.5 Å². The van der Waals surface area contributed by atoms with Gasteiger partial charge in [0.15, 0.2) is 0 Å². The van der Waals surface area contributed by atoms with Gasteiger partial charge in [0.1, 0.15) is 11.6 Å². The summed E-state index contributed by atoms with van der Waals surface area (Å²) in [6.45, 7) is 0.246. The van der Waals surface area contributed by atoms with E-state index in [1.54, 1.807) is 43.3 Å². The summed E-state index contributed by atoms with van der Waals surface area (Å²) in [5.74, 6) is 0.693. The number of alkyl halides is 3. The van der Waals surface area contributed by atoms with Gasteiger partial charge in [0.2, 0.25) is 0 Å². The quantitative estimate of drug-likeness (QED) is 0.360. The molecule has 0 aliphatic rings. The molecule has 6 nitrogen and oxygen atoms in total. The summed E-state index contributed by atoms with van der Waals surface area (Å²) in [4.78, 5) is 19.8. The van der Waals surface area contributed by atoms with E-state index in [0.717, 1.165) is 12.3 Å². The molecule has 32 heavy (non-hydrogen) atoms. The van der Waals surface area contributed by atoms with E-state index in [1.807, 2.05) is 0 Å². The van der Waals surface area contributed by atoms with Gasteiger partial charge in [-0.05, 0) is 30.3 Å². The molecule has 0 aliphatic carbocycles. The SMILES string of the molecule is FC(F)(F)c1ccc(NC[CH]c2ncc(-c3cnc[nH]3)c(-c3ccc(Cl)cc3Cl)n2)nc1. The molecular weight excluding hydrogens is 464 g/mol. The van der Waals surface area contributed by atoms with Crippen LogP contribution in [0.15, 0.2) is 55.2 Å². The second kappa shape index (κ2) is 9.13. The second-order valence-electron chi connectivity index (χ2n) is 6.59. The summed E-state index contributed by atoms with van der Waals surface area (Å²) < 4.78 is 37.9. The second-order valence-corrected chi connectivity index (χ2v) is 7.44. The van der Waals surface area contributed by atoms with Gasteiger partial charge in [-0.1, -0.05) is 23.2 Å². The maximum Gasteiger partial charge on any atom is 0.417 e. The molecule has 1 aromatic carbocycles. The molecular formula is C21H14Cl2F3N6. The largest absolute Gasteiger partial charge is 0.417 e. The van der Waals surface area contributed by atoms with Crippen LogP contribution in [-0.2, 0) is 6.18 Å². The van der Waals surface area contributed by atoms with Crippen molar-refractivity contribution in [2.45, 2.75) is 6.18 Å². The van der Waals surface area contributed by atoms with Gasteiger partial charge in [-0.25, -0.2) is 19.9 Å². The number of hydrogen-bond donors (Lipinski definition) is 2. The van der Waals surface area contributed by atoms with Crippen molar-refractivity contribution in [2.75, 3.05) is 11.9 Å². The third-order valence-electron chi connectivity index (χ3n) is 4.44. The summed E-state index contributed by atoms with van der Waals surface area (Å²) in [6.07, 6.45) is 2.86. The third kappa shape index (κ3) is 5.00. The lowest BCUT2D eigenvalue weighted by Gasteiger charge is -2.12. The zero-order chi connectivity index (χ0) is 22.7. The van der Waals surface area contributed by atoms with Gasteiger partial charge in [-0.15, -0.1) is 0 Å². The average molecular weight is 478 g/mol. The van der Waals surface area contributed by atoms with Crippen molar-refractivity contribution in [3.8, 4) is 22.5 Å². The molecule has 0 amide bonds. The van der Waals surface area contributed by atoms with E-state index in [-0.39, 0.29) is 6.54 Å². The fourth-order valence-corrected chi connectivity index (χ4v) is 3.39. The highest BCUT2D eigenvalue weighted by Gasteiger charge is 2.30. The number of H-pyrrole nitrogens is 1. The zero-order valence-electron chi connectivity index (χ0n) is 16.2. The number of pyridine rings is 1. The number of benzene rings is 1. The highest BCUT2D eigenvalue weighted by atomic mass is 35.5. The molecule has 2 N–H and O–H groups in total. The van der Waals surface area contributed by atoms with E-state index >= 15 is 0 Å². The Morgan fingerprint density at radius 3 is 2.50 bits per heavy atom. The Bertz CT molecular complexity index is 1210. The fourth-order valence-electron chi connectivity index (χ4n) is 2.89. The van der Waals surface area contributed by atoms with Crippen molar-refractivity contribution in [3.63, 3.8) is 0 Å². The smallest absolute Gasteiger partial charge is 0.369 e. The van der Waals surface area contributed by atoms with Gasteiger partial charge in [-0.2, -0.15) is 13.2 Å². The Kier molecular flexibility index (Phi) is 6.29. The molecule has 0 atom stereocenters. The van der Waals surface area contributed by atoms with Gasteiger partial charge < -0.3 is 10.3 Å². The molecule has 1 radical (unpaired) electrons. The van der Waals surface area contributed by atoms with Crippen LogP contribution in [0.5, 0.6) is 0 Å².